The van der Waals surface area contributed by atoms with Crippen LogP contribution in [0, 0.1) is 0 Å². The zero-order chi connectivity index (χ0) is 14.3. The quantitative estimate of drug-likeness (QED) is 0.471. The first-order valence-electron chi connectivity index (χ1n) is 5.83. The number of thiol groups is 1. The number of rotatable bonds is 6. The first kappa shape index (κ1) is 15.4. The molecule has 0 heterocycles. The van der Waals surface area contributed by atoms with Gasteiger partial charge >= 0.3 is 5.97 Å². The number of carbonyl (C=O) groups excluding carboxylic acids is 2. The maximum atomic E-state index is 11.8. The summed E-state index contributed by atoms with van der Waals surface area (Å²) in [6.45, 7) is 1.56. The Labute approximate surface area is 117 Å². The third kappa shape index (κ3) is 4.82. The van der Waals surface area contributed by atoms with Gasteiger partial charge in [0.15, 0.2) is 11.5 Å². The first-order chi connectivity index (χ1) is 9.08. The van der Waals surface area contributed by atoms with Crippen molar-refractivity contribution in [3.63, 3.8) is 0 Å². The Morgan fingerprint density at radius 1 is 1.32 bits per heavy atom. The van der Waals surface area contributed by atoms with E-state index in [1.165, 1.54) is 7.11 Å². The Balaban J connectivity index is 2.61. The van der Waals surface area contributed by atoms with Crippen molar-refractivity contribution in [2.75, 3.05) is 12.9 Å². The van der Waals surface area contributed by atoms with Crippen LogP contribution in [0.15, 0.2) is 24.3 Å². The van der Waals surface area contributed by atoms with Gasteiger partial charge in [-0.25, -0.2) is 4.79 Å². The van der Waals surface area contributed by atoms with E-state index in [4.69, 9.17) is 9.47 Å². The normalized spacial score (nSPS) is 11.5. The lowest BCUT2D eigenvalue weighted by atomic mass is 10.3. The van der Waals surface area contributed by atoms with Crippen LogP contribution in [0.1, 0.15) is 13.3 Å². The van der Waals surface area contributed by atoms with E-state index in [-0.39, 0.29) is 12.3 Å². The summed E-state index contributed by atoms with van der Waals surface area (Å²) in [5.74, 6) is 0.437. The molecule has 1 aromatic carbocycles. The van der Waals surface area contributed by atoms with E-state index in [1.807, 2.05) is 0 Å². The van der Waals surface area contributed by atoms with Gasteiger partial charge in [-0.2, -0.15) is 12.6 Å². The van der Waals surface area contributed by atoms with Gasteiger partial charge in [0.2, 0.25) is 5.91 Å². The molecule has 1 rings (SSSR count). The zero-order valence-corrected chi connectivity index (χ0v) is 11.8. The zero-order valence-electron chi connectivity index (χ0n) is 10.9. The molecule has 104 valence electrons. The van der Waals surface area contributed by atoms with Crippen molar-refractivity contribution in [1.29, 1.82) is 0 Å². The molecule has 0 aliphatic heterocycles. The van der Waals surface area contributed by atoms with E-state index < -0.39 is 12.0 Å². The number of esters is 1. The van der Waals surface area contributed by atoms with Crippen LogP contribution >= 0.6 is 12.6 Å². The molecular formula is C13H17NO4S. The van der Waals surface area contributed by atoms with Gasteiger partial charge in [0.1, 0.15) is 6.04 Å². The Morgan fingerprint density at radius 3 is 2.53 bits per heavy atom. The second-order valence-corrected chi connectivity index (χ2v) is 4.28. The van der Waals surface area contributed by atoms with Gasteiger partial charge in [-0.15, -0.1) is 0 Å². The summed E-state index contributed by atoms with van der Waals surface area (Å²) in [5.41, 5.74) is 0. The van der Waals surface area contributed by atoms with Crippen LogP contribution in [0.25, 0.3) is 0 Å². The average Bonchev–Trinajstić information content (AvgIpc) is 2.39. The molecule has 6 heteroatoms. The number of carbonyl (C=O) groups is 2. The van der Waals surface area contributed by atoms with E-state index in [9.17, 15) is 9.59 Å². The topological polar surface area (TPSA) is 64.6 Å². The van der Waals surface area contributed by atoms with Crippen molar-refractivity contribution in [2.24, 2.45) is 0 Å². The minimum absolute atomic E-state index is 0.237. The molecule has 0 saturated heterocycles. The van der Waals surface area contributed by atoms with Gasteiger partial charge in [-0.1, -0.05) is 12.1 Å². The minimum atomic E-state index is -0.725. The third-order valence-electron chi connectivity index (χ3n) is 2.35. The minimum Gasteiger partial charge on any atom is -0.493 e. The summed E-state index contributed by atoms with van der Waals surface area (Å²) >= 11 is 3.95. The van der Waals surface area contributed by atoms with Crippen LogP contribution < -0.4 is 14.8 Å². The fourth-order valence-electron chi connectivity index (χ4n) is 1.37. The van der Waals surface area contributed by atoms with Gasteiger partial charge in [0.25, 0.3) is 0 Å². The summed E-state index contributed by atoms with van der Waals surface area (Å²) in [6.07, 6.45) is 0.259. The third-order valence-corrected chi connectivity index (χ3v) is 2.57. The smallest absolute Gasteiger partial charge is 0.333 e. The molecule has 0 aromatic heterocycles. The SMILES string of the molecule is COc1ccccc1OC(=O)[C@H](C)NC(=O)CCS. The second-order valence-electron chi connectivity index (χ2n) is 3.83. The van der Waals surface area contributed by atoms with Crippen LogP contribution in [0.5, 0.6) is 11.5 Å². The van der Waals surface area contributed by atoms with Gasteiger partial charge in [0.05, 0.1) is 7.11 Å². The molecule has 0 aliphatic carbocycles. The van der Waals surface area contributed by atoms with Crippen LogP contribution in [0.3, 0.4) is 0 Å². The van der Waals surface area contributed by atoms with Crippen molar-refractivity contribution in [3.05, 3.63) is 24.3 Å². The Kier molecular flexibility index (Phi) is 6.21. The molecule has 0 bridgehead atoms. The number of hydrogen-bond donors (Lipinski definition) is 2. The predicted molar refractivity (Wildman–Crippen MR) is 74.7 cm³/mol. The molecule has 0 unspecified atom stereocenters. The van der Waals surface area contributed by atoms with Crippen molar-refractivity contribution >= 4 is 24.5 Å². The summed E-state index contributed by atoms with van der Waals surface area (Å²) < 4.78 is 10.3. The number of para-hydroxylation sites is 2. The van der Waals surface area contributed by atoms with Crippen molar-refractivity contribution in [1.82, 2.24) is 5.32 Å². The highest BCUT2D eigenvalue weighted by atomic mass is 32.1. The van der Waals surface area contributed by atoms with Crippen LogP contribution in [0.4, 0.5) is 0 Å². The number of nitrogens with one attached hydrogen (secondary N) is 1. The fourth-order valence-corrected chi connectivity index (χ4v) is 1.58. The van der Waals surface area contributed by atoms with E-state index in [1.54, 1.807) is 31.2 Å². The molecule has 0 radical (unpaired) electrons. The molecule has 0 saturated carbocycles. The number of amides is 1. The van der Waals surface area contributed by atoms with E-state index in [0.29, 0.717) is 17.3 Å². The highest BCUT2D eigenvalue weighted by molar-refractivity contribution is 7.80. The standard InChI is InChI=1S/C13H17NO4S/c1-9(14-12(15)7-8-19)13(16)18-11-6-4-3-5-10(11)17-2/h3-6,9,19H,7-8H2,1-2H3,(H,14,15)/t9-/m0/s1. The van der Waals surface area contributed by atoms with Gasteiger partial charge in [-0.05, 0) is 24.8 Å². The van der Waals surface area contributed by atoms with Crippen LogP contribution in [-0.2, 0) is 9.59 Å². The van der Waals surface area contributed by atoms with Crippen molar-refractivity contribution in [3.8, 4) is 11.5 Å². The maximum Gasteiger partial charge on any atom is 0.333 e. The molecule has 5 nitrogen and oxygen atoms in total. The van der Waals surface area contributed by atoms with E-state index in [0.717, 1.165) is 0 Å². The predicted octanol–water partition coefficient (Wildman–Crippen LogP) is 1.43. The molecule has 19 heavy (non-hydrogen) atoms. The van der Waals surface area contributed by atoms with Crippen molar-refractivity contribution in [2.45, 2.75) is 19.4 Å². The maximum absolute atomic E-state index is 11.8. The lowest BCUT2D eigenvalue weighted by molar-refractivity contribution is -0.138. The Bertz CT molecular complexity index is 450. The Hall–Kier alpha value is -1.69. The molecule has 1 atom stereocenters. The second kappa shape index (κ2) is 7.68. The monoisotopic (exact) mass is 283 g/mol. The highest BCUT2D eigenvalue weighted by Gasteiger charge is 2.18. The molecule has 0 fully saturated rings. The lowest BCUT2D eigenvalue weighted by Gasteiger charge is -2.14. The molecule has 0 spiro atoms. The molecule has 0 aliphatic rings. The van der Waals surface area contributed by atoms with Gasteiger partial charge < -0.3 is 14.8 Å². The summed E-state index contributed by atoms with van der Waals surface area (Å²) in [4.78, 5) is 23.1. The van der Waals surface area contributed by atoms with Crippen LogP contribution in [0.2, 0.25) is 0 Å². The first-order valence-corrected chi connectivity index (χ1v) is 6.46. The van der Waals surface area contributed by atoms with Gasteiger partial charge in [-0.3, -0.25) is 4.79 Å². The number of hydrogen-bond acceptors (Lipinski definition) is 5. The molecule has 1 aromatic rings. The molecule has 1 amide bonds. The molecule has 1 N–H and O–H groups in total. The van der Waals surface area contributed by atoms with Gasteiger partial charge in [0, 0.05) is 6.42 Å². The van der Waals surface area contributed by atoms with Crippen molar-refractivity contribution < 1.29 is 19.1 Å². The lowest BCUT2D eigenvalue weighted by Crippen LogP contribution is -2.40. The summed E-state index contributed by atoms with van der Waals surface area (Å²) in [7, 11) is 1.49. The van der Waals surface area contributed by atoms with Crippen LogP contribution in [-0.4, -0.2) is 30.8 Å². The van der Waals surface area contributed by atoms with E-state index >= 15 is 0 Å². The highest BCUT2D eigenvalue weighted by Crippen LogP contribution is 2.25. The fraction of sp³-hybridized carbons (Fsp3) is 0.385. The number of benzene rings is 1. The summed E-state index contributed by atoms with van der Waals surface area (Å²) in [5, 5.41) is 2.54. The average molecular weight is 283 g/mol. The molecular weight excluding hydrogens is 266 g/mol. The summed E-state index contributed by atoms with van der Waals surface area (Å²) in [6, 6.07) is 6.09. The number of ether oxygens (including phenoxy) is 2. The Morgan fingerprint density at radius 2 is 1.95 bits per heavy atom. The largest absolute Gasteiger partial charge is 0.493 e. The number of methoxy groups -OCH3 is 1. The van der Waals surface area contributed by atoms with E-state index in [2.05, 4.69) is 17.9 Å².